The van der Waals surface area contributed by atoms with Crippen molar-refractivity contribution in [2.75, 3.05) is 10.7 Å². The van der Waals surface area contributed by atoms with Crippen LogP contribution in [0.1, 0.15) is 17.5 Å². The first-order valence-electron chi connectivity index (χ1n) is 10.6. The van der Waals surface area contributed by atoms with Crippen LogP contribution in [0.5, 0.6) is 5.75 Å². The summed E-state index contributed by atoms with van der Waals surface area (Å²) in [5, 5.41) is 3.28. The van der Waals surface area contributed by atoms with Gasteiger partial charge in [0, 0.05) is 0 Å². The molecule has 1 unspecified atom stereocenters. The number of anilines is 1. The van der Waals surface area contributed by atoms with Crippen molar-refractivity contribution in [2.24, 2.45) is 11.5 Å². The fourth-order valence-corrected chi connectivity index (χ4v) is 5.21. The summed E-state index contributed by atoms with van der Waals surface area (Å²) in [6.07, 6.45) is -9.92. The number of nitrogens with two attached hydrogens (primary N) is 2. The van der Waals surface area contributed by atoms with Gasteiger partial charge in [0.05, 0.1) is 34.5 Å². The van der Waals surface area contributed by atoms with Crippen LogP contribution in [0.4, 0.5) is 36.4 Å². The van der Waals surface area contributed by atoms with Crippen molar-refractivity contribution in [1.29, 1.82) is 0 Å². The van der Waals surface area contributed by atoms with Crippen molar-refractivity contribution in [3.63, 3.8) is 0 Å². The van der Waals surface area contributed by atoms with Crippen LogP contribution in [-0.4, -0.2) is 48.8 Å². The lowest BCUT2D eigenvalue weighted by molar-refractivity contribution is -0.274. The van der Waals surface area contributed by atoms with Gasteiger partial charge in [-0.25, -0.2) is 12.8 Å². The first-order valence-corrected chi connectivity index (χ1v) is 12.3. The third kappa shape index (κ3) is 5.96. The maximum Gasteiger partial charge on any atom is 0.573 e. The number of amides is 1. The molecule has 0 fully saturated rings. The summed E-state index contributed by atoms with van der Waals surface area (Å²) in [5.74, 6) is -5.52. The van der Waals surface area contributed by atoms with Crippen LogP contribution in [0.3, 0.4) is 0 Å². The summed E-state index contributed by atoms with van der Waals surface area (Å²) in [4.78, 5) is 16.7. The summed E-state index contributed by atoms with van der Waals surface area (Å²) in [6, 6.07) is 1.26. The van der Waals surface area contributed by atoms with Crippen molar-refractivity contribution < 1.29 is 53.2 Å². The van der Waals surface area contributed by atoms with E-state index in [4.69, 9.17) is 11.5 Å². The molecule has 10 nitrogen and oxygen atoms in total. The molecule has 0 spiro atoms. The van der Waals surface area contributed by atoms with Gasteiger partial charge in [-0.1, -0.05) is 17.3 Å². The first-order chi connectivity index (χ1) is 18.0. The smallest absolute Gasteiger partial charge is 0.406 e. The summed E-state index contributed by atoms with van der Waals surface area (Å²) in [7, 11) is -4.37. The molecule has 4 rings (SSSR count). The monoisotopic (exact) mass is 583 g/mol. The molecule has 0 radical (unpaired) electrons. The predicted octanol–water partition coefficient (Wildman–Crippen LogP) is 2.98. The Balaban J connectivity index is 1.79. The molecule has 2 heterocycles. The molecule has 0 saturated heterocycles. The number of fused-ring (bicyclic) bond motifs is 1. The lowest BCUT2D eigenvalue weighted by Crippen LogP contribution is -2.45. The highest BCUT2D eigenvalue weighted by molar-refractivity contribution is 7.91. The van der Waals surface area contributed by atoms with Crippen LogP contribution in [0.25, 0.3) is 11.4 Å². The molecule has 3 aromatic rings. The summed E-state index contributed by atoms with van der Waals surface area (Å²) >= 11 is 0. The molecule has 0 aliphatic carbocycles. The third-order valence-electron chi connectivity index (χ3n) is 5.46. The highest BCUT2D eigenvalue weighted by atomic mass is 32.2. The maximum absolute atomic E-state index is 15.0. The van der Waals surface area contributed by atoms with Crippen molar-refractivity contribution in [1.82, 2.24) is 10.1 Å². The normalized spacial score (nSPS) is 18.4. The van der Waals surface area contributed by atoms with Gasteiger partial charge in [-0.15, -0.1) is 13.2 Å². The molecule has 0 saturated carbocycles. The number of halogens is 7. The Kier molecular flexibility index (Phi) is 7.07. The van der Waals surface area contributed by atoms with E-state index >= 15 is 4.39 Å². The molecule has 18 heteroatoms. The van der Waals surface area contributed by atoms with E-state index in [0.717, 1.165) is 35.2 Å². The SMILES string of the molecule is NC(c1nc(-c2cc3c(cc2F)S(=O)(=O)C[C@H](N)C(=O)N3Cc2ccc(OC(F)(F)F)cc2)no1)C(F)(F)F. The zero-order chi connectivity index (χ0) is 28.9. The van der Waals surface area contributed by atoms with E-state index in [9.17, 15) is 39.6 Å². The number of sulfone groups is 1. The van der Waals surface area contributed by atoms with Gasteiger partial charge in [0.15, 0.2) is 15.9 Å². The van der Waals surface area contributed by atoms with Crippen LogP contribution in [0.2, 0.25) is 0 Å². The van der Waals surface area contributed by atoms with Gasteiger partial charge in [0.1, 0.15) is 11.6 Å². The highest BCUT2D eigenvalue weighted by Gasteiger charge is 2.42. The summed E-state index contributed by atoms with van der Waals surface area (Å²) < 4.78 is 125. The molecule has 2 aromatic carbocycles. The van der Waals surface area contributed by atoms with Crippen molar-refractivity contribution in [3.8, 4) is 17.1 Å². The predicted molar refractivity (Wildman–Crippen MR) is 117 cm³/mol. The van der Waals surface area contributed by atoms with Crippen LogP contribution in [0.15, 0.2) is 45.8 Å². The summed E-state index contributed by atoms with van der Waals surface area (Å²) in [5.41, 5.74) is 9.93. The number of ether oxygens (including phenoxy) is 1. The topological polar surface area (TPSA) is 155 Å². The van der Waals surface area contributed by atoms with Crippen LogP contribution in [0, 0.1) is 5.82 Å². The number of benzene rings is 2. The number of carbonyl (C=O) groups excluding carboxylic acids is 1. The number of aromatic nitrogens is 2. The van der Waals surface area contributed by atoms with E-state index in [1.165, 1.54) is 0 Å². The largest absolute Gasteiger partial charge is 0.573 e. The zero-order valence-electron chi connectivity index (χ0n) is 19.1. The fraction of sp³-hybridized carbons (Fsp3) is 0.286. The molecule has 1 aromatic heterocycles. The van der Waals surface area contributed by atoms with Crippen molar-refractivity contribution >= 4 is 21.4 Å². The Hall–Kier alpha value is -3.77. The van der Waals surface area contributed by atoms with E-state index in [1.54, 1.807) is 0 Å². The van der Waals surface area contributed by atoms with Gasteiger partial charge < -0.3 is 25.6 Å². The van der Waals surface area contributed by atoms with Gasteiger partial charge in [0.25, 0.3) is 5.89 Å². The number of hydrogen-bond acceptors (Lipinski definition) is 9. The van der Waals surface area contributed by atoms with E-state index < -0.39 is 92.1 Å². The van der Waals surface area contributed by atoms with Crippen LogP contribution in [-0.2, 0) is 21.2 Å². The van der Waals surface area contributed by atoms with Crippen molar-refractivity contribution in [2.45, 2.75) is 36.1 Å². The second-order valence-corrected chi connectivity index (χ2v) is 10.3. The zero-order valence-corrected chi connectivity index (χ0v) is 19.9. The van der Waals surface area contributed by atoms with Crippen LogP contribution >= 0.6 is 0 Å². The highest BCUT2D eigenvalue weighted by Crippen LogP contribution is 2.37. The first kappa shape index (κ1) is 28.2. The molecule has 1 aliphatic rings. The minimum Gasteiger partial charge on any atom is -0.406 e. The maximum atomic E-state index is 15.0. The summed E-state index contributed by atoms with van der Waals surface area (Å²) in [6.45, 7) is -0.442. The Morgan fingerprint density at radius 1 is 1.13 bits per heavy atom. The van der Waals surface area contributed by atoms with Crippen LogP contribution < -0.4 is 21.1 Å². The average Bonchev–Trinajstić information content (AvgIpc) is 3.28. The number of nitrogens with zero attached hydrogens (tertiary/aromatic N) is 3. The minimum atomic E-state index is -4.97. The Morgan fingerprint density at radius 2 is 1.77 bits per heavy atom. The standard InChI is InChI=1S/C21H16F7N5O5S/c22-12-6-15-14(5-11(12)17-31-18(38-32-17)16(30)20(23,24)25)33(19(34)13(29)8-39(15,35)36)7-9-1-3-10(4-2-9)37-21(26,27)28/h1-6,13,16H,7-8,29-30H2/t13-,16?/m0/s1. The Bertz CT molecular complexity index is 1510. The fourth-order valence-electron chi connectivity index (χ4n) is 3.64. The van der Waals surface area contributed by atoms with Gasteiger partial charge in [0.2, 0.25) is 11.7 Å². The molecular formula is C21H16F7N5O5S. The molecular weight excluding hydrogens is 567 g/mol. The van der Waals surface area contributed by atoms with E-state index in [0.29, 0.717) is 6.07 Å². The number of hydrogen-bond donors (Lipinski definition) is 2. The Morgan fingerprint density at radius 3 is 2.36 bits per heavy atom. The molecule has 4 N–H and O–H groups in total. The molecule has 1 amide bonds. The lowest BCUT2D eigenvalue weighted by Gasteiger charge is -2.24. The molecule has 39 heavy (non-hydrogen) atoms. The third-order valence-corrected chi connectivity index (χ3v) is 7.25. The second-order valence-electron chi connectivity index (χ2n) is 8.28. The van der Waals surface area contributed by atoms with Gasteiger partial charge in [-0.2, -0.15) is 18.2 Å². The van der Waals surface area contributed by atoms with Gasteiger partial charge in [-0.05, 0) is 29.8 Å². The van der Waals surface area contributed by atoms with E-state index in [1.807, 2.05) is 0 Å². The van der Waals surface area contributed by atoms with Gasteiger partial charge >= 0.3 is 12.5 Å². The molecule has 1 aliphatic heterocycles. The van der Waals surface area contributed by atoms with E-state index in [2.05, 4.69) is 19.4 Å². The number of alkyl halides is 6. The lowest BCUT2D eigenvalue weighted by atomic mass is 10.1. The average molecular weight is 583 g/mol. The second kappa shape index (κ2) is 9.76. The Labute approximate surface area is 214 Å². The van der Waals surface area contributed by atoms with Gasteiger partial charge in [-0.3, -0.25) is 4.79 Å². The van der Waals surface area contributed by atoms with Crippen molar-refractivity contribution in [3.05, 3.63) is 53.7 Å². The van der Waals surface area contributed by atoms with E-state index in [-0.39, 0.29) is 5.56 Å². The minimum absolute atomic E-state index is 0.194. The molecule has 0 bridgehead atoms. The number of rotatable bonds is 5. The number of carbonyl (C=O) groups is 1. The molecule has 2 atom stereocenters. The molecule has 210 valence electrons. The quantitative estimate of drug-likeness (QED) is 0.432.